The first-order valence-corrected chi connectivity index (χ1v) is 4.66. The SMILES string of the molecule is COC(=O)CC=Cc1ccc(O)cc1C. The topological polar surface area (TPSA) is 46.5 Å². The Morgan fingerprint density at radius 1 is 1.53 bits per heavy atom. The second kappa shape index (κ2) is 5.20. The van der Waals surface area contributed by atoms with Crippen LogP contribution in [0.25, 0.3) is 6.08 Å². The molecule has 15 heavy (non-hydrogen) atoms. The molecule has 0 aliphatic heterocycles. The molecule has 0 saturated heterocycles. The number of carbonyl (C=O) groups is 1. The number of ether oxygens (including phenoxy) is 1. The minimum absolute atomic E-state index is 0.248. The molecule has 0 amide bonds. The fourth-order valence-electron chi connectivity index (χ4n) is 1.21. The maximum atomic E-state index is 10.8. The van der Waals surface area contributed by atoms with Crippen molar-refractivity contribution in [3.8, 4) is 5.75 Å². The van der Waals surface area contributed by atoms with Crippen LogP contribution in [0.4, 0.5) is 0 Å². The van der Waals surface area contributed by atoms with E-state index >= 15 is 0 Å². The number of phenolic OH excluding ortho intramolecular Hbond substituents is 1. The molecule has 1 N–H and O–H groups in total. The third-order valence-corrected chi connectivity index (χ3v) is 2.06. The van der Waals surface area contributed by atoms with E-state index < -0.39 is 0 Å². The molecule has 3 heteroatoms. The van der Waals surface area contributed by atoms with E-state index in [9.17, 15) is 9.90 Å². The highest BCUT2D eigenvalue weighted by Gasteiger charge is 1.97. The maximum Gasteiger partial charge on any atom is 0.309 e. The van der Waals surface area contributed by atoms with Crippen molar-refractivity contribution in [1.82, 2.24) is 0 Å². The minimum atomic E-state index is -0.261. The maximum absolute atomic E-state index is 10.8. The summed E-state index contributed by atoms with van der Waals surface area (Å²) in [7, 11) is 1.36. The zero-order valence-electron chi connectivity index (χ0n) is 8.86. The lowest BCUT2D eigenvalue weighted by atomic mass is 10.1. The van der Waals surface area contributed by atoms with Crippen LogP contribution >= 0.6 is 0 Å². The highest BCUT2D eigenvalue weighted by molar-refractivity contribution is 5.72. The third-order valence-electron chi connectivity index (χ3n) is 2.06. The summed E-state index contributed by atoms with van der Waals surface area (Å²) < 4.78 is 4.51. The zero-order valence-corrected chi connectivity index (χ0v) is 8.86. The first-order valence-electron chi connectivity index (χ1n) is 4.66. The van der Waals surface area contributed by atoms with Crippen molar-refractivity contribution in [1.29, 1.82) is 0 Å². The van der Waals surface area contributed by atoms with Gasteiger partial charge in [-0.2, -0.15) is 0 Å². The van der Waals surface area contributed by atoms with Gasteiger partial charge in [-0.05, 0) is 30.2 Å². The Balaban J connectivity index is 2.68. The van der Waals surface area contributed by atoms with E-state index in [4.69, 9.17) is 0 Å². The van der Waals surface area contributed by atoms with Gasteiger partial charge in [-0.3, -0.25) is 4.79 Å². The fourth-order valence-corrected chi connectivity index (χ4v) is 1.21. The normalized spacial score (nSPS) is 10.5. The standard InChI is InChI=1S/C12H14O3/c1-9-8-11(13)7-6-10(9)4-3-5-12(14)15-2/h3-4,6-8,13H,5H2,1-2H3. The summed E-state index contributed by atoms with van der Waals surface area (Å²) in [5, 5.41) is 9.19. The number of phenols is 1. The van der Waals surface area contributed by atoms with Crippen molar-refractivity contribution in [2.24, 2.45) is 0 Å². The van der Waals surface area contributed by atoms with Crippen molar-refractivity contribution in [3.05, 3.63) is 35.4 Å². The van der Waals surface area contributed by atoms with Gasteiger partial charge < -0.3 is 9.84 Å². The molecule has 0 aliphatic carbocycles. The van der Waals surface area contributed by atoms with Crippen LogP contribution in [0, 0.1) is 6.92 Å². The summed E-state index contributed by atoms with van der Waals surface area (Å²) in [5.41, 5.74) is 1.95. The first kappa shape index (κ1) is 11.3. The molecular weight excluding hydrogens is 192 g/mol. The lowest BCUT2D eigenvalue weighted by molar-refractivity contribution is -0.139. The summed E-state index contributed by atoms with van der Waals surface area (Å²) >= 11 is 0. The smallest absolute Gasteiger partial charge is 0.309 e. The number of carbonyl (C=O) groups excluding carboxylic acids is 1. The number of hydrogen-bond acceptors (Lipinski definition) is 3. The quantitative estimate of drug-likeness (QED) is 0.772. The second-order valence-corrected chi connectivity index (χ2v) is 3.22. The van der Waals surface area contributed by atoms with Crippen molar-refractivity contribution in [3.63, 3.8) is 0 Å². The van der Waals surface area contributed by atoms with Gasteiger partial charge in [-0.15, -0.1) is 0 Å². The molecule has 0 radical (unpaired) electrons. The van der Waals surface area contributed by atoms with Gasteiger partial charge in [-0.1, -0.05) is 18.2 Å². The van der Waals surface area contributed by atoms with Gasteiger partial charge in [0.25, 0.3) is 0 Å². The van der Waals surface area contributed by atoms with Crippen LogP contribution in [0.2, 0.25) is 0 Å². The highest BCUT2D eigenvalue weighted by atomic mass is 16.5. The van der Waals surface area contributed by atoms with Crippen LogP contribution in [0.3, 0.4) is 0 Å². The lowest BCUT2D eigenvalue weighted by Crippen LogP contribution is -1.96. The zero-order chi connectivity index (χ0) is 11.3. The molecule has 0 atom stereocenters. The fraction of sp³-hybridized carbons (Fsp3) is 0.250. The molecule has 0 saturated carbocycles. The van der Waals surface area contributed by atoms with Crippen molar-refractivity contribution >= 4 is 12.0 Å². The Hall–Kier alpha value is -1.77. The number of esters is 1. The van der Waals surface area contributed by atoms with Crippen LogP contribution < -0.4 is 0 Å². The minimum Gasteiger partial charge on any atom is -0.508 e. The van der Waals surface area contributed by atoms with Gasteiger partial charge in [0.05, 0.1) is 13.5 Å². The summed E-state index contributed by atoms with van der Waals surface area (Å²) in [6.07, 6.45) is 3.84. The van der Waals surface area contributed by atoms with Gasteiger partial charge in [0.15, 0.2) is 0 Å². The van der Waals surface area contributed by atoms with Gasteiger partial charge in [-0.25, -0.2) is 0 Å². The number of rotatable bonds is 3. The molecule has 0 aliphatic rings. The summed E-state index contributed by atoms with van der Waals surface area (Å²) in [6, 6.07) is 5.10. The number of methoxy groups -OCH3 is 1. The molecule has 0 aromatic heterocycles. The summed E-state index contributed by atoms with van der Waals surface area (Å²) in [4.78, 5) is 10.8. The molecule has 0 spiro atoms. The van der Waals surface area contributed by atoms with Crippen LogP contribution in [-0.2, 0) is 9.53 Å². The molecule has 1 aromatic carbocycles. The van der Waals surface area contributed by atoms with Crippen LogP contribution in [0.5, 0.6) is 5.75 Å². The predicted octanol–water partition coefficient (Wildman–Crippen LogP) is 2.28. The lowest BCUT2D eigenvalue weighted by Gasteiger charge is -2.00. The van der Waals surface area contributed by atoms with Crippen molar-refractivity contribution < 1.29 is 14.6 Å². The molecule has 0 unspecified atom stereocenters. The number of benzene rings is 1. The van der Waals surface area contributed by atoms with E-state index in [-0.39, 0.29) is 18.1 Å². The molecule has 1 aromatic rings. The van der Waals surface area contributed by atoms with E-state index in [0.29, 0.717) is 0 Å². The average Bonchev–Trinajstić information content (AvgIpc) is 2.21. The van der Waals surface area contributed by atoms with E-state index in [1.807, 2.05) is 13.0 Å². The molecule has 0 bridgehead atoms. The van der Waals surface area contributed by atoms with Gasteiger partial charge in [0.1, 0.15) is 5.75 Å². The second-order valence-electron chi connectivity index (χ2n) is 3.22. The third kappa shape index (κ3) is 3.46. The molecule has 80 valence electrons. The molecular formula is C12H14O3. The number of aromatic hydroxyl groups is 1. The van der Waals surface area contributed by atoms with Crippen LogP contribution in [0.15, 0.2) is 24.3 Å². The highest BCUT2D eigenvalue weighted by Crippen LogP contribution is 2.16. The number of hydrogen-bond donors (Lipinski definition) is 1. The molecule has 3 nitrogen and oxygen atoms in total. The molecule has 1 rings (SSSR count). The molecule has 0 fully saturated rings. The Kier molecular flexibility index (Phi) is 3.92. The predicted molar refractivity (Wildman–Crippen MR) is 58.5 cm³/mol. The Morgan fingerprint density at radius 2 is 2.27 bits per heavy atom. The summed E-state index contributed by atoms with van der Waals surface area (Å²) in [6.45, 7) is 1.90. The van der Waals surface area contributed by atoms with Crippen LogP contribution in [0.1, 0.15) is 17.5 Å². The van der Waals surface area contributed by atoms with Crippen LogP contribution in [-0.4, -0.2) is 18.2 Å². The first-order chi connectivity index (χ1) is 7.13. The Morgan fingerprint density at radius 3 is 2.87 bits per heavy atom. The number of aryl methyl sites for hydroxylation is 1. The van der Waals surface area contributed by atoms with E-state index in [0.717, 1.165) is 11.1 Å². The van der Waals surface area contributed by atoms with Gasteiger partial charge >= 0.3 is 5.97 Å². The largest absolute Gasteiger partial charge is 0.508 e. The van der Waals surface area contributed by atoms with E-state index in [1.54, 1.807) is 24.3 Å². The van der Waals surface area contributed by atoms with Gasteiger partial charge in [0, 0.05) is 0 Å². The monoisotopic (exact) mass is 206 g/mol. The Labute approximate surface area is 89.0 Å². The molecule has 0 heterocycles. The van der Waals surface area contributed by atoms with Crippen molar-refractivity contribution in [2.75, 3.05) is 7.11 Å². The Bertz CT molecular complexity index is 380. The average molecular weight is 206 g/mol. The van der Waals surface area contributed by atoms with Crippen molar-refractivity contribution in [2.45, 2.75) is 13.3 Å². The van der Waals surface area contributed by atoms with E-state index in [1.165, 1.54) is 7.11 Å². The summed E-state index contributed by atoms with van der Waals surface area (Å²) in [5.74, 6) is -0.0136. The van der Waals surface area contributed by atoms with Gasteiger partial charge in [0.2, 0.25) is 0 Å². The van der Waals surface area contributed by atoms with E-state index in [2.05, 4.69) is 4.74 Å².